The molecule has 1 atom stereocenters. The molecule has 0 radical (unpaired) electrons. The quantitative estimate of drug-likeness (QED) is 0.741. The first-order chi connectivity index (χ1) is 8.02. The second kappa shape index (κ2) is 6.20. The number of nitrogens with two attached hydrogens (primary N) is 2. The first-order valence-corrected chi connectivity index (χ1v) is 5.82. The van der Waals surface area contributed by atoms with Gasteiger partial charge in [-0.1, -0.05) is 30.4 Å². The van der Waals surface area contributed by atoms with E-state index < -0.39 is 0 Å². The van der Waals surface area contributed by atoms with E-state index >= 15 is 0 Å². The number of carbonyl (C=O) groups is 1. The van der Waals surface area contributed by atoms with Crippen LogP contribution in [0.3, 0.4) is 0 Å². The number of anilines is 1. The number of thiocarbonyl (C=S) groups is 1. The average Bonchev–Trinajstić information content (AvgIpc) is 2.30. The molecule has 4 nitrogen and oxygen atoms in total. The number of hydrogen-bond donors (Lipinski definition) is 2. The van der Waals surface area contributed by atoms with E-state index in [0.717, 1.165) is 5.69 Å². The number of hydrogen-bond acceptors (Lipinski definition) is 3. The minimum Gasteiger partial charge on any atom is -0.393 e. The van der Waals surface area contributed by atoms with Crippen LogP contribution >= 0.6 is 12.2 Å². The smallest absolute Gasteiger partial charge is 0.239 e. The zero-order valence-electron chi connectivity index (χ0n) is 9.80. The van der Waals surface area contributed by atoms with Crippen LogP contribution in [0.1, 0.15) is 13.3 Å². The molecule has 0 bridgehead atoms. The molecule has 1 unspecified atom stereocenters. The summed E-state index contributed by atoms with van der Waals surface area (Å²) in [7, 11) is 0. The lowest BCUT2D eigenvalue weighted by Crippen LogP contribution is -2.44. The van der Waals surface area contributed by atoms with Gasteiger partial charge in [-0.15, -0.1) is 0 Å². The van der Waals surface area contributed by atoms with Crippen molar-refractivity contribution in [1.82, 2.24) is 0 Å². The van der Waals surface area contributed by atoms with Crippen molar-refractivity contribution in [3.63, 3.8) is 0 Å². The Bertz CT molecular complexity index is 394. The van der Waals surface area contributed by atoms with Gasteiger partial charge in [0.2, 0.25) is 5.91 Å². The Labute approximate surface area is 107 Å². The van der Waals surface area contributed by atoms with E-state index in [1.54, 1.807) is 6.92 Å². The number of amides is 1. The molecular weight excluding hydrogens is 234 g/mol. The molecule has 1 rings (SSSR count). The Kier molecular flexibility index (Phi) is 4.90. The molecule has 0 spiro atoms. The van der Waals surface area contributed by atoms with Gasteiger partial charge in [-0.2, -0.15) is 0 Å². The van der Waals surface area contributed by atoms with E-state index in [1.165, 1.54) is 0 Å². The van der Waals surface area contributed by atoms with Crippen molar-refractivity contribution in [2.45, 2.75) is 19.4 Å². The van der Waals surface area contributed by atoms with Gasteiger partial charge in [0.15, 0.2) is 0 Å². The average molecular weight is 251 g/mol. The van der Waals surface area contributed by atoms with Crippen molar-refractivity contribution in [2.75, 3.05) is 11.4 Å². The van der Waals surface area contributed by atoms with Crippen LogP contribution in [0, 0.1) is 0 Å². The highest BCUT2D eigenvalue weighted by molar-refractivity contribution is 7.80. The van der Waals surface area contributed by atoms with Gasteiger partial charge in [0.25, 0.3) is 0 Å². The summed E-state index contributed by atoms with van der Waals surface area (Å²) in [5.74, 6) is -0.364. The summed E-state index contributed by atoms with van der Waals surface area (Å²) < 4.78 is 0. The van der Waals surface area contributed by atoms with E-state index in [4.69, 9.17) is 23.7 Å². The summed E-state index contributed by atoms with van der Waals surface area (Å²) >= 11 is 4.85. The van der Waals surface area contributed by atoms with E-state index in [9.17, 15) is 4.79 Å². The van der Waals surface area contributed by atoms with Crippen molar-refractivity contribution < 1.29 is 4.79 Å². The molecular formula is C12H17N3OS. The summed E-state index contributed by atoms with van der Waals surface area (Å²) in [6, 6.07) is 9.22. The molecule has 5 heteroatoms. The van der Waals surface area contributed by atoms with Crippen molar-refractivity contribution >= 4 is 28.8 Å². The summed E-state index contributed by atoms with van der Waals surface area (Å²) in [5.41, 5.74) is 11.8. The van der Waals surface area contributed by atoms with Gasteiger partial charge in [0.05, 0.1) is 4.99 Å². The van der Waals surface area contributed by atoms with E-state index in [2.05, 4.69) is 0 Å². The summed E-state index contributed by atoms with van der Waals surface area (Å²) in [5, 5.41) is 0. The Morgan fingerprint density at radius 3 is 2.41 bits per heavy atom. The molecule has 0 aliphatic rings. The number of carbonyl (C=O) groups excluding carboxylic acids is 1. The van der Waals surface area contributed by atoms with Crippen LogP contribution in [-0.2, 0) is 4.79 Å². The topological polar surface area (TPSA) is 72.4 Å². The van der Waals surface area contributed by atoms with Crippen LogP contribution < -0.4 is 16.4 Å². The first-order valence-electron chi connectivity index (χ1n) is 5.41. The lowest BCUT2D eigenvalue weighted by molar-refractivity contribution is -0.118. The largest absolute Gasteiger partial charge is 0.393 e. The maximum atomic E-state index is 11.3. The van der Waals surface area contributed by atoms with Gasteiger partial charge >= 0.3 is 0 Å². The number of primary amides is 1. The molecule has 1 aromatic carbocycles. The van der Waals surface area contributed by atoms with Crippen molar-refractivity contribution in [3.05, 3.63) is 30.3 Å². The van der Waals surface area contributed by atoms with Crippen LogP contribution in [0.25, 0.3) is 0 Å². The fraction of sp³-hybridized carbons (Fsp3) is 0.333. The minimum absolute atomic E-state index is 0.364. The highest BCUT2D eigenvalue weighted by Crippen LogP contribution is 2.16. The van der Waals surface area contributed by atoms with Gasteiger partial charge < -0.3 is 16.4 Å². The molecule has 0 heterocycles. The lowest BCUT2D eigenvalue weighted by atomic mass is 10.2. The van der Waals surface area contributed by atoms with Crippen molar-refractivity contribution in [2.24, 2.45) is 11.5 Å². The third kappa shape index (κ3) is 4.03. The van der Waals surface area contributed by atoms with Crippen LogP contribution in [-0.4, -0.2) is 23.5 Å². The molecule has 17 heavy (non-hydrogen) atoms. The number of nitrogens with zero attached hydrogens (tertiary/aromatic N) is 1. The lowest BCUT2D eigenvalue weighted by Gasteiger charge is -2.29. The van der Waals surface area contributed by atoms with Crippen molar-refractivity contribution in [1.29, 1.82) is 0 Å². The SMILES string of the molecule is CC(C(N)=O)N(CCC(N)=S)c1ccccc1. The molecule has 4 N–H and O–H groups in total. The van der Waals surface area contributed by atoms with Crippen molar-refractivity contribution in [3.8, 4) is 0 Å². The maximum absolute atomic E-state index is 11.3. The maximum Gasteiger partial charge on any atom is 0.239 e. The zero-order chi connectivity index (χ0) is 12.8. The molecule has 1 amide bonds. The van der Waals surface area contributed by atoms with Gasteiger partial charge in [0, 0.05) is 18.7 Å². The second-order valence-electron chi connectivity index (χ2n) is 3.82. The molecule has 0 saturated heterocycles. The molecule has 0 fully saturated rings. The fourth-order valence-electron chi connectivity index (χ4n) is 1.55. The Morgan fingerprint density at radius 1 is 1.35 bits per heavy atom. The van der Waals surface area contributed by atoms with Crippen LogP contribution in [0.15, 0.2) is 30.3 Å². The summed E-state index contributed by atoms with van der Waals surface area (Å²) in [6.45, 7) is 2.36. The van der Waals surface area contributed by atoms with Crippen LogP contribution in [0.5, 0.6) is 0 Å². The Morgan fingerprint density at radius 2 is 1.94 bits per heavy atom. The van der Waals surface area contributed by atoms with Crippen LogP contribution in [0.2, 0.25) is 0 Å². The van der Waals surface area contributed by atoms with E-state index in [-0.39, 0.29) is 11.9 Å². The zero-order valence-corrected chi connectivity index (χ0v) is 10.6. The van der Waals surface area contributed by atoms with E-state index in [1.807, 2.05) is 35.2 Å². The predicted molar refractivity (Wildman–Crippen MR) is 73.8 cm³/mol. The standard InChI is InChI=1S/C12H17N3OS/c1-9(12(14)16)15(8-7-11(13)17)10-5-3-2-4-6-10/h2-6,9H,7-8H2,1H3,(H2,13,17)(H2,14,16). The highest BCUT2D eigenvalue weighted by Gasteiger charge is 2.18. The third-order valence-corrected chi connectivity index (χ3v) is 2.77. The normalized spacial score (nSPS) is 11.8. The van der Waals surface area contributed by atoms with Gasteiger partial charge in [0.1, 0.15) is 6.04 Å². The molecule has 0 aliphatic carbocycles. The number of benzene rings is 1. The molecule has 0 aliphatic heterocycles. The fourth-order valence-corrected chi connectivity index (χ4v) is 1.64. The Balaban J connectivity index is 2.86. The molecule has 0 aromatic heterocycles. The monoisotopic (exact) mass is 251 g/mol. The molecule has 1 aromatic rings. The first kappa shape index (κ1) is 13.4. The van der Waals surface area contributed by atoms with Gasteiger partial charge in [-0.25, -0.2) is 0 Å². The molecule has 0 saturated carbocycles. The minimum atomic E-state index is -0.383. The summed E-state index contributed by atoms with van der Waals surface area (Å²) in [6.07, 6.45) is 0.557. The van der Waals surface area contributed by atoms with Gasteiger partial charge in [-0.3, -0.25) is 4.79 Å². The number of rotatable bonds is 6. The molecule has 92 valence electrons. The summed E-state index contributed by atoms with van der Waals surface area (Å²) in [4.78, 5) is 13.6. The Hall–Kier alpha value is -1.62. The highest BCUT2D eigenvalue weighted by atomic mass is 32.1. The van der Waals surface area contributed by atoms with Gasteiger partial charge in [-0.05, 0) is 19.1 Å². The second-order valence-corrected chi connectivity index (χ2v) is 4.35. The van der Waals surface area contributed by atoms with Crippen LogP contribution in [0.4, 0.5) is 5.69 Å². The number of para-hydroxylation sites is 1. The van der Waals surface area contributed by atoms with E-state index in [0.29, 0.717) is 18.0 Å². The predicted octanol–water partition coefficient (Wildman–Crippen LogP) is 1.04. The third-order valence-electron chi connectivity index (χ3n) is 2.57.